The number of carbonyl (C=O) groups is 1. The topological polar surface area (TPSA) is 42.0 Å². The molecule has 0 bridgehead atoms. The number of amides is 1. The van der Waals surface area contributed by atoms with E-state index in [1.807, 2.05) is 0 Å². The van der Waals surface area contributed by atoms with Crippen molar-refractivity contribution in [2.45, 2.75) is 25.7 Å². The van der Waals surface area contributed by atoms with E-state index >= 15 is 0 Å². The molecule has 1 saturated carbocycles. The van der Waals surface area contributed by atoms with Gasteiger partial charge >= 0.3 is 0 Å². The summed E-state index contributed by atoms with van der Waals surface area (Å²) in [4.78, 5) is 15.3. The average molecular weight is 257 g/mol. The summed E-state index contributed by atoms with van der Waals surface area (Å²) < 4.78 is 12.9. The lowest BCUT2D eigenvalue weighted by Crippen LogP contribution is -2.25. The van der Waals surface area contributed by atoms with E-state index in [-0.39, 0.29) is 16.6 Å². The van der Waals surface area contributed by atoms with Gasteiger partial charge in [-0.1, -0.05) is 24.4 Å². The molecule has 0 atom stereocenters. The van der Waals surface area contributed by atoms with Crippen LogP contribution < -0.4 is 5.32 Å². The number of nitrogens with one attached hydrogen (secondary N) is 1. The van der Waals surface area contributed by atoms with Gasteiger partial charge in [0.2, 0.25) is 0 Å². The summed E-state index contributed by atoms with van der Waals surface area (Å²) in [5, 5.41) is 2.75. The molecule has 17 heavy (non-hydrogen) atoms. The van der Waals surface area contributed by atoms with Crippen molar-refractivity contribution in [3.8, 4) is 0 Å². The minimum Gasteiger partial charge on any atom is -0.352 e. The van der Waals surface area contributed by atoms with Crippen LogP contribution in [0.4, 0.5) is 4.39 Å². The van der Waals surface area contributed by atoms with E-state index in [0.29, 0.717) is 6.54 Å². The maximum Gasteiger partial charge on any atom is 0.254 e. The predicted octanol–water partition coefficient (Wildman–Crippen LogP) is 2.79. The Bertz CT molecular complexity index is 421. The van der Waals surface area contributed by atoms with Gasteiger partial charge in [0.25, 0.3) is 5.91 Å². The van der Waals surface area contributed by atoms with Gasteiger partial charge in [-0.15, -0.1) is 0 Å². The highest BCUT2D eigenvalue weighted by Crippen LogP contribution is 2.33. The van der Waals surface area contributed by atoms with Crippen molar-refractivity contribution >= 4 is 17.5 Å². The Balaban J connectivity index is 1.82. The maximum atomic E-state index is 12.9. The van der Waals surface area contributed by atoms with Gasteiger partial charge in [0, 0.05) is 6.54 Å². The van der Waals surface area contributed by atoms with Crippen molar-refractivity contribution in [3.63, 3.8) is 0 Å². The first-order valence-corrected chi connectivity index (χ1v) is 6.14. The fraction of sp³-hybridized carbons (Fsp3) is 0.500. The van der Waals surface area contributed by atoms with E-state index in [0.717, 1.165) is 31.0 Å². The molecule has 92 valence electrons. The molecular formula is C12H14ClFN2O. The summed E-state index contributed by atoms with van der Waals surface area (Å²) in [6.07, 6.45) is 5.72. The first kappa shape index (κ1) is 12.3. The van der Waals surface area contributed by atoms with Crippen LogP contribution in [0.15, 0.2) is 12.3 Å². The molecule has 2 rings (SSSR count). The Hall–Kier alpha value is -1.16. The number of hydrogen-bond donors (Lipinski definition) is 1. The molecule has 1 aromatic heterocycles. The molecule has 0 aromatic carbocycles. The second kappa shape index (κ2) is 5.45. The van der Waals surface area contributed by atoms with Crippen molar-refractivity contribution in [2.24, 2.45) is 5.92 Å². The highest BCUT2D eigenvalue weighted by Gasteiger charge is 2.20. The van der Waals surface area contributed by atoms with Gasteiger partial charge < -0.3 is 5.32 Å². The van der Waals surface area contributed by atoms with Gasteiger partial charge in [-0.05, 0) is 24.8 Å². The Kier molecular flexibility index (Phi) is 3.94. The molecule has 3 nitrogen and oxygen atoms in total. The fourth-order valence-corrected chi connectivity index (χ4v) is 1.87. The lowest BCUT2D eigenvalue weighted by atomic mass is 10.2. The number of aromatic nitrogens is 1. The molecule has 5 heteroatoms. The zero-order chi connectivity index (χ0) is 12.3. The predicted molar refractivity (Wildman–Crippen MR) is 63.5 cm³/mol. The number of pyridine rings is 1. The van der Waals surface area contributed by atoms with Gasteiger partial charge in [0.15, 0.2) is 0 Å². The zero-order valence-electron chi connectivity index (χ0n) is 9.38. The van der Waals surface area contributed by atoms with Crippen LogP contribution in [-0.4, -0.2) is 17.4 Å². The molecule has 1 aliphatic carbocycles. The van der Waals surface area contributed by atoms with Gasteiger partial charge in [0.1, 0.15) is 11.0 Å². The maximum absolute atomic E-state index is 12.9. The van der Waals surface area contributed by atoms with E-state index in [4.69, 9.17) is 11.6 Å². The fourth-order valence-electron chi connectivity index (χ4n) is 1.68. The van der Waals surface area contributed by atoms with Crippen molar-refractivity contribution in [3.05, 3.63) is 28.8 Å². The van der Waals surface area contributed by atoms with Crippen LogP contribution in [0.3, 0.4) is 0 Å². The molecule has 1 amide bonds. The first-order valence-electron chi connectivity index (χ1n) is 5.76. The Morgan fingerprint density at radius 3 is 3.06 bits per heavy atom. The molecule has 1 aromatic rings. The molecular weight excluding hydrogens is 243 g/mol. The van der Waals surface area contributed by atoms with Crippen LogP contribution in [0.1, 0.15) is 36.0 Å². The molecule has 0 radical (unpaired) electrons. The third kappa shape index (κ3) is 3.66. The van der Waals surface area contributed by atoms with Crippen LogP contribution >= 0.6 is 11.6 Å². The van der Waals surface area contributed by atoms with E-state index < -0.39 is 5.82 Å². The van der Waals surface area contributed by atoms with Gasteiger partial charge in [-0.3, -0.25) is 4.79 Å². The Labute approximate surface area is 104 Å². The monoisotopic (exact) mass is 256 g/mol. The van der Waals surface area contributed by atoms with Gasteiger partial charge in [0.05, 0.1) is 11.8 Å². The largest absolute Gasteiger partial charge is 0.352 e. The van der Waals surface area contributed by atoms with Crippen LogP contribution in [0.2, 0.25) is 5.15 Å². The van der Waals surface area contributed by atoms with Crippen molar-refractivity contribution < 1.29 is 9.18 Å². The molecule has 1 aliphatic rings. The molecule has 0 spiro atoms. The quantitative estimate of drug-likeness (QED) is 0.650. The summed E-state index contributed by atoms with van der Waals surface area (Å²) in [5.74, 6) is -0.0679. The average Bonchev–Trinajstić information content (AvgIpc) is 3.11. The van der Waals surface area contributed by atoms with E-state index in [9.17, 15) is 9.18 Å². The molecule has 1 N–H and O–H groups in total. The van der Waals surface area contributed by atoms with Crippen molar-refractivity contribution in [2.75, 3.05) is 6.54 Å². The highest BCUT2D eigenvalue weighted by molar-refractivity contribution is 6.32. The third-order valence-corrected chi connectivity index (χ3v) is 3.12. The number of carbonyl (C=O) groups excluding carboxylic acids is 1. The van der Waals surface area contributed by atoms with Gasteiger partial charge in [-0.2, -0.15) is 0 Å². The van der Waals surface area contributed by atoms with E-state index in [1.54, 1.807) is 0 Å². The molecule has 0 saturated heterocycles. The number of nitrogens with zero attached hydrogens (tertiary/aromatic N) is 1. The molecule has 0 unspecified atom stereocenters. The van der Waals surface area contributed by atoms with Crippen LogP contribution in [0, 0.1) is 11.7 Å². The van der Waals surface area contributed by atoms with Crippen molar-refractivity contribution in [1.29, 1.82) is 0 Å². The van der Waals surface area contributed by atoms with E-state index in [2.05, 4.69) is 10.3 Å². The first-order chi connectivity index (χ1) is 8.16. The van der Waals surface area contributed by atoms with Crippen LogP contribution in [0.25, 0.3) is 0 Å². The zero-order valence-corrected chi connectivity index (χ0v) is 10.1. The lowest BCUT2D eigenvalue weighted by molar-refractivity contribution is 0.0952. The SMILES string of the molecule is O=C(NCCCC1CC1)c1cc(F)cnc1Cl. The summed E-state index contributed by atoms with van der Waals surface area (Å²) in [6, 6.07) is 1.10. The smallest absolute Gasteiger partial charge is 0.254 e. The number of halogens is 2. The summed E-state index contributed by atoms with van der Waals surface area (Å²) in [6.45, 7) is 0.599. The number of rotatable bonds is 5. The Morgan fingerprint density at radius 2 is 2.35 bits per heavy atom. The summed E-state index contributed by atoms with van der Waals surface area (Å²) in [7, 11) is 0. The summed E-state index contributed by atoms with van der Waals surface area (Å²) in [5.41, 5.74) is 0.0955. The number of hydrogen-bond acceptors (Lipinski definition) is 2. The van der Waals surface area contributed by atoms with Crippen LogP contribution in [0.5, 0.6) is 0 Å². The molecule has 0 aliphatic heterocycles. The molecule has 1 fully saturated rings. The normalized spacial score (nSPS) is 14.7. The minimum absolute atomic E-state index is 0.0334. The molecule has 1 heterocycles. The minimum atomic E-state index is -0.558. The standard InChI is InChI=1S/C12H14ClFN2O/c13-11-10(6-9(14)7-16-11)12(17)15-5-1-2-8-3-4-8/h6-8H,1-5H2,(H,15,17). The van der Waals surface area contributed by atoms with Gasteiger partial charge in [-0.25, -0.2) is 9.37 Å². The van der Waals surface area contributed by atoms with Crippen LogP contribution in [-0.2, 0) is 0 Å². The lowest BCUT2D eigenvalue weighted by Gasteiger charge is -2.05. The third-order valence-electron chi connectivity index (χ3n) is 2.82. The summed E-state index contributed by atoms with van der Waals surface area (Å²) >= 11 is 5.73. The van der Waals surface area contributed by atoms with E-state index in [1.165, 1.54) is 12.8 Å². The second-order valence-corrected chi connectivity index (χ2v) is 4.69. The highest BCUT2D eigenvalue weighted by atomic mass is 35.5. The van der Waals surface area contributed by atoms with Crippen molar-refractivity contribution in [1.82, 2.24) is 10.3 Å². The second-order valence-electron chi connectivity index (χ2n) is 4.33. The Morgan fingerprint density at radius 1 is 1.59 bits per heavy atom.